The fourth-order valence-electron chi connectivity index (χ4n) is 4.07. The Morgan fingerprint density at radius 2 is 1.93 bits per heavy atom. The van der Waals surface area contributed by atoms with Crippen LogP contribution in [0, 0.1) is 11.7 Å². The number of anilines is 2. The number of amides is 3. The molecule has 0 bridgehead atoms. The number of hydrogen-bond donors (Lipinski definition) is 1. The standard InChI is InChI=1S/C23H24FN3O3/c1-2-21(28)26-10-9-16-11-19(7-8-20(16)26)27-14-17(12-22(27)29)23(30)25-13-15-3-5-18(24)6-4-15/h3-8,11,17H,2,9-10,12-14H2,1H3,(H,25,30). The SMILES string of the molecule is CCC(=O)N1CCc2cc(N3CC(C(=O)NCc4ccc(F)cc4)CC3=O)ccc21. The molecule has 2 aromatic rings. The highest BCUT2D eigenvalue weighted by molar-refractivity contribution is 6.01. The lowest BCUT2D eigenvalue weighted by Crippen LogP contribution is -2.32. The van der Waals surface area contributed by atoms with E-state index in [0.717, 1.165) is 28.9 Å². The van der Waals surface area contributed by atoms with Gasteiger partial charge in [-0.05, 0) is 47.9 Å². The lowest BCUT2D eigenvalue weighted by Gasteiger charge is -2.20. The lowest BCUT2D eigenvalue weighted by atomic mass is 10.1. The molecule has 1 saturated heterocycles. The highest BCUT2D eigenvalue weighted by Crippen LogP contribution is 2.34. The van der Waals surface area contributed by atoms with Crippen LogP contribution in [-0.2, 0) is 27.3 Å². The van der Waals surface area contributed by atoms with Gasteiger partial charge in [0.2, 0.25) is 17.7 Å². The number of carbonyl (C=O) groups excluding carboxylic acids is 3. The van der Waals surface area contributed by atoms with Gasteiger partial charge >= 0.3 is 0 Å². The largest absolute Gasteiger partial charge is 0.352 e. The first-order chi connectivity index (χ1) is 14.5. The molecule has 1 N–H and O–H groups in total. The van der Waals surface area contributed by atoms with Crippen LogP contribution in [0.25, 0.3) is 0 Å². The summed E-state index contributed by atoms with van der Waals surface area (Å²) in [5, 5.41) is 2.83. The van der Waals surface area contributed by atoms with E-state index in [1.165, 1.54) is 12.1 Å². The minimum atomic E-state index is -0.427. The number of carbonyl (C=O) groups is 3. The number of fused-ring (bicyclic) bond motifs is 1. The van der Waals surface area contributed by atoms with Crippen molar-refractivity contribution in [3.8, 4) is 0 Å². The van der Waals surface area contributed by atoms with Crippen LogP contribution in [0.4, 0.5) is 15.8 Å². The first-order valence-electron chi connectivity index (χ1n) is 10.2. The summed E-state index contributed by atoms with van der Waals surface area (Å²) in [6.45, 7) is 3.13. The summed E-state index contributed by atoms with van der Waals surface area (Å²) in [5.74, 6) is -0.924. The highest BCUT2D eigenvalue weighted by atomic mass is 19.1. The smallest absolute Gasteiger partial charge is 0.227 e. The minimum Gasteiger partial charge on any atom is -0.352 e. The molecule has 1 unspecified atom stereocenters. The third-order valence-corrected chi connectivity index (χ3v) is 5.75. The molecule has 7 heteroatoms. The molecule has 2 aromatic carbocycles. The second kappa shape index (κ2) is 8.26. The summed E-state index contributed by atoms with van der Waals surface area (Å²) in [6.07, 6.45) is 1.38. The lowest BCUT2D eigenvalue weighted by molar-refractivity contribution is -0.126. The van der Waals surface area contributed by atoms with E-state index < -0.39 is 5.92 Å². The van der Waals surface area contributed by atoms with Crippen LogP contribution in [0.5, 0.6) is 0 Å². The first-order valence-corrected chi connectivity index (χ1v) is 10.2. The summed E-state index contributed by atoms with van der Waals surface area (Å²) in [4.78, 5) is 40.6. The zero-order valence-corrected chi connectivity index (χ0v) is 16.9. The van der Waals surface area contributed by atoms with Gasteiger partial charge in [-0.15, -0.1) is 0 Å². The molecule has 0 aromatic heterocycles. The maximum absolute atomic E-state index is 13.0. The van der Waals surface area contributed by atoms with Crippen LogP contribution in [0.2, 0.25) is 0 Å². The number of hydrogen-bond acceptors (Lipinski definition) is 3. The Kier molecular flexibility index (Phi) is 5.53. The number of nitrogens with zero attached hydrogens (tertiary/aromatic N) is 2. The topological polar surface area (TPSA) is 69.7 Å². The first kappa shape index (κ1) is 20.1. The Hall–Kier alpha value is -3.22. The minimum absolute atomic E-state index is 0.0867. The Balaban J connectivity index is 1.40. The van der Waals surface area contributed by atoms with Crippen LogP contribution in [-0.4, -0.2) is 30.8 Å². The van der Waals surface area contributed by atoms with E-state index in [-0.39, 0.29) is 30.0 Å². The van der Waals surface area contributed by atoms with Crippen molar-refractivity contribution in [2.75, 3.05) is 22.9 Å². The number of nitrogens with one attached hydrogen (secondary N) is 1. The summed E-state index contributed by atoms with van der Waals surface area (Å²) < 4.78 is 13.0. The van der Waals surface area contributed by atoms with E-state index in [0.29, 0.717) is 26.1 Å². The van der Waals surface area contributed by atoms with E-state index in [9.17, 15) is 18.8 Å². The third kappa shape index (κ3) is 3.92. The molecule has 1 fully saturated rings. The molecule has 156 valence electrons. The predicted octanol–water partition coefficient (Wildman–Crippen LogP) is 2.79. The molecule has 30 heavy (non-hydrogen) atoms. The Morgan fingerprint density at radius 1 is 1.17 bits per heavy atom. The summed E-state index contributed by atoms with van der Waals surface area (Å²) in [5.41, 5.74) is 3.52. The van der Waals surface area contributed by atoms with Crippen LogP contribution in [0.15, 0.2) is 42.5 Å². The number of rotatable bonds is 5. The van der Waals surface area contributed by atoms with E-state index in [1.54, 1.807) is 21.9 Å². The van der Waals surface area contributed by atoms with Crippen LogP contribution in [0.3, 0.4) is 0 Å². The maximum Gasteiger partial charge on any atom is 0.227 e. The Labute approximate surface area is 174 Å². The van der Waals surface area contributed by atoms with E-state index in [2.05, 4.69) is 5.32 Å². The predicted molar refractivity (Wildman–Crippen MR) is 111 cm³/mol. The average molecular weight is 409 g/mol. The van der Waals surface area contributed by atoms with Crippen molar-refractivity contribution >= 4 is 29.1 Å². The number of halogens is 1. The Bertz CT molecular complexity index is 990. The van der Waals surface area contributed by atoms with Gasteiger partial charge in [-0.1, -0.05) is 19.1 Å². The van der Waals surface area contributed by atoms with Crippen LogP contribution < -0.4 is 15.1 Å². The van der Waals surface area contributed by atoms with Crippen molar-refractivity contribution in [3.05, 3.63) is 59.4 Å². The van der Waals surface area contributed by atoms with Gasteiger partial charge in [0.05, 0.1) is 5.92 Å². The van der Waals surface area contributed by atoms with Crippen molar-refractivity contribution in [1.82, 2.24) is 5.32 Å². The summed E-state index contributed by atoms with van der Waals surface area (Å²) in [7, 11) is 0. The second-order valence-electron chi connectivity index (χ2n) is 7.71. The van der Waals surface area contributed by atoms with E-state index in [1.807, 2.05) is 25.1 Å². The molecule has 1 atom stereocenters. The van der Waals surface area contributed by atoms with Gasteiger partial charge in [0.1, 0.15) is 5.82 Å². The molecule has 2 heterocycles. The fourth-order valence-corrected chi connectivity index (χ4v) is 4.07. The van der Waals surface area contributed by atoms with Crippen LogP contribution >= 0.6 is 0 Å². The molecular formula is C23H24FN3O3. The van der Waals surface area contributed by atoms with Crippen molar-refractivity contribution < 1.29 is 18.8 Å². The van der Waals surface area contributed by atoms with Gasteiger partial charge in [-0.3, -0.25) is 14.4 Å². The van der Waals surface area contributed by atoms with Gasteiger partial charge in [0.15, 0.2) is 0 Å². The average Bonchev–Trinajstić information content (AvgIpc) is 3.35. The van der Waals surface area contributed by atoms with Crippen molar-refractivity contribution in [3.63, 3.8) is 0 Å². The van der Waals surface area contributed by atoms with Crippen molar-refractivity contribution in [2.45, 2.75) is 32.7 Å². The van der Waals surface area contributed by atoms with Gasteiger partial charge in [-0.25, -0.2) is 4.39 Å². The molecule has 6 nitrogen and oxygen atoms in total. The summed E-state index contributed by atoms with van der Waals surface area (Å²) >= 11 is 0. The normalized spacial score (nSPS) is 17.9. The summed E-state index contributed by atoms with van der Waals surface area (Å²) in [6, 6.07) is 11.6. The maximum atomic E-state index is 13.0. The molecular weight excluding hydrogens is 385 g/mol. The molecule has 0 spiro atoms. The van der Waals surface area contributed by atoms with Gasteiger partial charge in [0, 0.05) is 43.9 Å². The quantitative estimate of drug-likeness (QED) is 0.826. The molecule has 4 rings (SSSR count). The van der Waals surface area contributed by atoms with Gasteiger partial charge in [-0.2, -0.15) is 0 Å². The molecule has 0 aliphatic carbocycles. The van der Waals surface area contributed by atoms with Crippen LogP contribution in [0.1, 0.15) is 30.9 Å². The molecule has 2 aliphatic rings. The molecule has 3 amide bonds. The second-order valence-corrected chi connectivity index (χ2v) is 7.71. The molecule has 0 radical (unpaired) electrons. The monoisotopic (exact) mass is 409 g/mol. The third-order valence-electron chi connectivity index (χ3n) is 5.75. The van der Waals surface area contributed by atoms with E-state index >= 15 is 0 Å². The zero-order valence-electron chi connectivity index (χ0n) is 16.9. The zero-order chi connectivity index (χ0) is 21.3. The number of benzene rings is 2. The molecule has 0 saturated carbocycles. The molecule has 2 aliphatic heterocycles. The Morgan fingerprint density at radius 3 is 2.67 bits per heavy atom. The highest BCUT2D eigenvalue weighted by Gasteiger charge is 2.35. The fraction of sp³-hybridized carbons (Fsp3) is 0.348. The van der Waals surface area contributed by atoms with Gasteiger partial charge < -0.3 is 15.1 Å². The van der Waals surface area contributed by atoms with Crippen molar-refractivity contribution in [1.29, 1.82) is 0 Å². The van der Waals surface area contributed by atoms with Crippen molar-refractivity contribution in [2.24, 2.45) is 5.92 Å². The van der Waals surface area contributed by atoms with E-state index in [4.69, 9.17) is 0 Å². The van der Waals surface area contributed by atoms with Gasteiger partial charge in [0.25, 0.3) is 0 Å².